The fraction of sp³-hybridized carbons (Fsp3) is 0.423. The van der Waals surface area contributed by atoms with Gasteiger partial charge in [0.05, 0.1) is 7.11 Å². The minimum absolute atomic E-state index is 0.0118. The number of hydrogen-bond donors (Lipinski definition) is 3. The third-order valence-corrected chi connectivity index (χ3v) is 6.51. The van der Waals surface area contributed by atoms with Crippen LogP contribution in [-0.4, -0.2) is 55.0 Å². The van der Waals surface area contributed by atoms with Crippen molar-refractivity contribution < 1.29 is 19.1 Å². The van der Waals surface area contributed by atoms with E-state index in [4.69, 9.17) is 16.3 Å². The van der Waals surface area contributed by atoms with Gasteiger partial charge in [-0.05, 0) is 68.5 Å². The highest BCUT2D eigenvalue weighted by molar-refractivity contribution is 6.30. The van der Waals surface area contributed by atoms with E-state index in [1.54, 1.807) is 53.4 Å². The van der Waals surface area contributed by atoms with Crippen molar-refractivity contribution in [3.63, 3.8) is 0 Å². The van der Waals surface area contributed by atoms with Crippen LogP contribution in [0.1, 0.15) is 43.5 Å². The van der Waals surface area contributed by atoms with Crippen molar-refractivity contribution >= 4 is 35.1 Å². The second kappa shape index (κ2) is 12.4. The van der Waals surface area contributed by atoms with Crippen molar-refractivity contribution in [3.8, 4) is 5.75 Å². The molecule has 0 aliphatic carbocycles. The number of urea groups is 1. The zero-order valence-electron chi connectivity index (χ0n) is 20.3. The van der Waals surface area contributed by atoms with Crippen LogP contribution in [0.15, 0.2) is 48.5 Å². The molecule has 188 valence electrons. The molecule has 3 N–H and O–H groups in total. The lowest BCUT2D eigenvalue weighted by Gasteiger charge is -2.36. The maximum Gasteiger partial charge on any atom is 0.321 e. The Balaban J connectivity index is 1.67. The highest BCUT2D eigenvalue weighted by Gasteiger charge is 2.34. The molecule has 0 saturated carbocycles. The average Bonchev–Trinajstić information content (AvgIpc) is 2.87. The number of likely N-dealkylation sites (tertiary alicyclic amines) is 1. The first-order chi connectivity index (χ1) is 16.8. The van der Waals surface area contributed by atoms with E-state index in [2.05, 4.69) is 16.0 Å². The summed E-state index contributed by atoms with van der Waals surface area (Å²) in [5.74, 6) is -0.0899. The van der Waals surface area contributed by atoms with Crippen LogP contribution in [0.3, 0.4) is 0 Å². The van der Waals surface area contributed by atoms with Crippen LogP contribution in [0.5, 0.6) is 5.75 Å². The molecule has 3 rings (SSSR count). The molecule has 1 aliphatic rings. The lowest BCUT2D eigenvalue weighted by Crippen LogP contribution is -2.55. The summed E-state index contributed by atoms with van der Waals surface area (Å²) in [6.07, 6.45) is 1.95. The van der Waals surface area contributed by atoms with E-state index in [1.165, 1.54) is 7.11 Å². The zero-order chi connectivity index (χ0) is 25.4. The molecule has 8 nitrogen and oxygen atoms in total. The van der Waals surface area contributed by atoms with Gasteiger partial charge in [0.2, 0.25) is 5.91 Å². The molecule has 0 spiro atoms. The Hall–Kier alpha value is -3.26. The maximum atomic E-state index is 13.1. The largest absolute Gasteiger partial charge is 0.497 e. The van der Waals surface area contributed by atoms with Crippen molar-refractivity contribution in [2.75, 3.05) is 25.5 Å². The van der Waals surface area contributed by atoms with Gasteiger partial charge in [-0.25, -0.2) is 4.79 Å². The molecular weight excluding hydrogens is 468 g/mol. The van der Waals surface area contributed by atoms with E-state index in [0.29, 0.717) is 48.0 Å². The second-order valence-electron chi connectivity index (χ2n) is 8.77. The maximum absolute atomic E-state index is 13.1. The number of nitrogens with one attached hydrogen (secondary N) is 3. The third-order valence-electron chi connectivity index (χ3n) is 6.28. The predicted octanol–water partition coefficient (Wildman–Crippen LogP) is 4.31. The van der Waals surface area contributed by atoms with E-state index < -0.39 is 6.04 Å². The Kier molecular flexibility index (Phi) is 9.37. The minimum atomic E-state index is -0.708. The van der Waals surface area contributed by atoms with Crippen LogP contribution in [-0.2, 0) is 4.79 Å². The number of hydrogen-bond acceptors (Lipinski definition) is 4. The quantitative estimate of drug-likeness (QED) is 0.503. The second-order valence-corrected chi connectivity index (χ2v) is 9.20. The Morgan fingerprint density at radius 1 is 1.09 bits per heavy atom. The molecule has 2 aromatic carbocycles. The number of methoxy groups -OCH3 is 1. The van der Waals surface area contributed by atoms with Crippen LogP contribution in [0, 0.1) is 5.92 Å². The van der Waals surface area contributed by atoms with E-state index in [-0.39, 0.29) is 29.8 Å². The van der Waals surface area contributed by atoms with E-state index in [1.807, 2.05) is 13.8 Å². The van der Waals surface area contributed by atoms with Gasteiger partial charge >= 0.3 is 6.03 Å². The number of anilines is 1. The van der Waals surface area contributed by atoms with Gasteiger partial charge in [0.25, 0.3) is 5.91 Å². The van der Waals surface area contributed by atoms with Crippen molar-refractivity contribution in [2.24, 2.45) is 5.92 Å². The highest BCUT2D eigenvalue weighted by atomic mass is 35.5. The van der Waals surface area contributed by atoms with Crippen LogP contribution in [0.25, 0.3) is 0 Å². The molecule has 0 aromatic heterocycles. The van der Waals surface area contributed by atoms with Gasteiger partial charge in [-0.15, -0.1) is 0 Å². The van der Waals surface area contributed by atoms with Crippen LogP contribution in [0.4, 0.5) is 10.5 Å². The number of carbonyl (C=O) groups excluding carboxylic acids is 3. The van der Waals surface area contributed by atoms with Crippen molar-refractivity contribution in [3.05, 3.63) is 59.1 Å². The molecule has 0 radical (unpaired) electrons. The molecule has 35 heavy (non-hydrogen) atoms. The Morgan fingerprint density at radius 3 is 2.46 bits per heavy atom. The third kappa shape index (κ3) is 7.36. The molecule has 2 aromatic rings. The summed E-state index contributed by atoms with van der Waals surface area (Å²) < 4.78 is 5.21. The minimum Gasteiger partial charge on any atom is -0.497 e. The van der Waals surface area contributed by atoms with Crippen molar-refractivity contribution in [1.82, 2.24) is 15.5 Å². The van der Waals surface area contributed by atoms with Crippen LogP contribution >= 0.6 is 11.6 Å². The molecule has 1 saturated heterocycles. The van der Waals surface area contributed by atoms with Gasteiger partial charge in [-0.3, -0.25) is 9.59 Å². The molecule has 2 atom stereocenters. The van der Waals surface area contributed by atoms with E-state index in [9.17, 15) is 14.4 Å². The summed E-state index contributed by atoms with van der Waals surface area (Å²) >= 11 is 6.00. The standard InChI is InChI=1S/C26H33ClN4O4/c1-4-17(2)28-25(33)23(30-24(32)19-7-5-10-22(15-19)35-3)18-11-13-31(14-12-18)26(34)29-21-9-6-8-20(27)16-21/h5-10,15-18,23H,4,11-14H2,1-3H3,(H,28,33)(H,29,34)(H,30,32)/t17-,23+/m1/s1. The number of rotatable bonds is 8. The number of nitrogens with zero attached hydrogens (tertiary/aromatic N) is 1. The monoisotopic (exact) mass is 500 g/mol. The molecule has 0 bridgehead atoms. The number of carbonyl (C=O) groups is 3. The topological polar surface area (TPSA) is 99.8 Å². The van der Waals surface area contributed by atoms with Gasteiger partial charge in [-0.2, -0.15) is 0 Å². The number of amides is 4. The van der Waals surface area contributed by atoms with Gasteiger partial charge in [0.15, 0.2) is 0 Å². The van der Waals surface area contributed by atoms with Gasteiger partial charge in [-0.1, -0.05) is 30.7 Å². The van der Waals surface area contributed by atoms with Gasteiger partial charge < -0.3 is 25.6 Å². The Bertz CT molecular complexity index is 1040. The molecule has 4 amide bonds. The summed E-state index contributed by atoms with van der Waals surface area (Å²) in [6.45, 7) is 4.87. The summed E-state index contributed by atoms with van der Waals surface area (Å²) in [5.41, 5.74) is 1.05. The smallest absolute Gasteiger partial charge is 0.321 e. The number of benzene rings is 2. The van der Waals surface area contributed by atoms with Crippen LogP contribution < -0.4 is 20.7 Å². The fourth-order valence-electron chi connectivity index (χ4n) is 4.03. The van der Waals surface area contributed by atoms with E-state index in [0.717, 1.165) is 6.42 Å². The van der Waals surface area contributed by atoms with Crippen molar-refractivity contribution in [2.45, 2.75) is 45.2 Å². The lowest BCUT2D eigenvalue weighted by molar-refractivity contribution is -0.125. The lowest BCUT2D eigenvalue weighted by atomic mass is 9.88. The highest BCUT2D eigenvalue weighted by Crippen LogP contribution is 2.23. The summed E-state index contributed by atoms with van der Waals surface area (Å²) in [6, 6.07) is 12.9. The molecule has 9 heteroatoms. The molecule has 1 fully saturated rings. The Labute approximate surface area is 211 Å². The van der Waals surface area contributed by atoms with E-state index >= 15 is 0 Å². The predicted molar refractivity (Wildman–Crippen MR) is 137 cm³/mol. The SMILES string of the molecule is CC[C@@H](C)NC(=O)[C@@H](NC(=O)c1cccc(OC)c1)C1CCN(C(=O)Nc2cccc(Cl)c2)CC1. The number of piperidine rings is 1. The van der Waals surface area contributed by atoms with Crippen molar-refractivity contribution in [1.29, 1.82) is 0 Å². The fourth-order valence-corrected chi connectivity index (χ4v) is 4.22. The van der Waals surface area contributed by atoms with Gasteiger partial charge in [0.1, 0.15) is 11.8 Å². The number of ether oxygens (including phenoxy) is 1. The first-order valence-electron chi connectivity index (χ1n) is 11.9. The summed E-state index contributed by atoms with van der Waals surface area (Å²) in [7, 11) is 1.54. The first-order valence-corrected chi connectivity index (χ1v) is 12.2. The first kappa shape index (κ1) is 26.3. The number of halogens is 1. The zero-order valence-corrected chi connectivity index (χ0v) is 21.1. The Morgan fingerprint density at radius 2 is 1.80 bits per heavy atom. The molecule has 1 heterocycles. The molecule has 1 aliphatic heterocycles. The average molecular weight is 501 g/mol. The van der Waals surface area contributed by atoms with Crippen LogP contribution in [0.2, 0.25) is 5.02 Å². The summed E-state index contributed by atoms with van der Waals surface area (Å²) in [5, 5.41) is 9.33. The summed E-state index contributed by atoms with van der Waals surface area (Å²) in [4.78, 5) is 40.6. The molecule has 0 unspecified atom stereocenters. The van der Waals surface area contributed by atoms with Gasteiger partial charge in [0, 0.05) is 35.4 Å². The normalized spacial score (nSPS) is 15.6. The molecular formula is C26H33ClN4O4.